The van der Waals surface area contributed by atoms with E-state index in [2.05, 4.69) is 18.5 Å². The minimum Gasteiger partial charge on any atom is -0.361 e. The molecule has 96 valence electrons. The summed E-state index contributed by atoms with van der Waals surface area (Å²) in [5.41, 5.74) is 0.530. The van der Waals surface area contributed by atoms with Crippen molar-refractivity contribution in [2.75, 3.05) is 0 Å². The highest BCUT2D eigenvalue weighted by atomic mass is 19.1. The van der Waals surface area contributed by atoms with E-state index in [1.54, 1.807) is 0 Å². The van der Waals surface area contributed by atoms with Crippen LogP contribution in [0.4, 0.5) is 4.39 Å². The van der Waals surface area contributed by atoms with E-state index in [1.165, 1.54) is 12.3 Å². The molecule has 1 fully saturated rings. The summed E-state index contributed by atoms with van der Waals surface area (Å²) in [6, 6.07) is 0. The molecule has 0 heterocycles. The molecule has 18 heavy (non-hydrogen) atoms. The number of ketones is 2. The molecular weight excluding hydrogens is 233 g/mol. The molecule has 0 atom stereocenters. The number of hydrogen-bond acceptors (Lipinski definition) is 3. The van der Waals surface area contributed by atoms with Crippen LogP contribution in [0.5, 0.6) is 0 Å². The van der Waals surface area contributed by atoms with Crippen LogP contribution < -0.4 is 5.32 Å². The van der Waals surface area contributed by atoms with Crippen molar-refractivity contribution in [2.24, 2.45) is 5.92 Å². The largest absolute Gasteiger partial charge is 0.361 e. The maximum absolute atomic E-state index is 12.4. The molecule has 3 nitrogen and oxygen atoms in total. The van der Waals surface area contributed by atoms with Gasteiger partial charge in [-0.2, -0.15) is 0 Å². The number of carbonyl (C=O) groups is 2. The number of hydrogen-bond donors (Lipinski definition) is 1. The predicted octanol–water partition coefficient (Wildman–Crippen LogP) is 2.58. The van der Waals surface area contributed by atoms with Crippen molar-refractivity contribution in [2.45, 2.75) is 19.8 Å². The molecule has 1 rings (SSSR count). The monoisotopic (exact) mass is 249 g/mol. The Morgan fingerprint density at radius 2 is 1.83 bits per heavy atom. The summed E-state index contributed by atoms with van der Waals surface area (Å²) in [5, 5.41) is 2.69. The standard InChI is InChI=1S/C14H16FNO2/c1-9-6-13(17)12(14(18)7-9)8-16-11(3)5-4-10(2)15/h4-5,8-9,16H,2-3,6-7H2,1H3/b5-4-,12-8?. The number of nitrogens with one attached hydrogen (secondary N) is 1. The van der Waals surface area contributed by atoms with Crippen LogP contribution in [-0.4, -0.2) is 11.6 Å². The van der Waals surface area contributed by atoms with Gasteiger partial charge in [0, 0.05) is 24.7 Å². The molecule has 0 bridgehead atoms. The van der Waals surface area contributed by atoms with E-state index in [4.69, 9.17) is 0 Å². The summed E-state index contributed by atoms with van der Waals surface area (Å²) < 4.78 is 12.4. The van der Waals surface area contributed by atoms with Gasteiger partial charge in [-0.15, -0.1) is 0 Å². The highest BCUT2D eigenvalue weighted by Gasteiger charge is 2.27. The van der Waals surface area contributed by atoms with Crippen molar-refractivity contribution in [3.8, 4) is 0 Å². The molecule has 1 saturated carbocycles. The van der Waals surface area contributed by atoms with Crippen LogP contribution in [-0.2, 0) is 9.59 Å². The summed E-state index contributed by atoms with van der Waals surface area (Å²) in [6.45, 7) is 8.54. The van der Waals surface area contributed by atoms with Crippen LogP contribution in [0, 0.1) is 5.92 Å². The lowest BCUT2D eigenvalue weighted by molar-refractivity contribution is -0.125. The number of allylic oxidation sites excluding steroid dienone is 4. The molecule has 1 aliphatic rings. The van der Waals surface area contributed by atoms with Crippen molar-refractivity contribution in [1.29, 1.82) is 0 Å². The Balaban J connectivity index is 2.67. The summed E-state index contributed by atoms with van der Waals surface area (Å²) in [5.74, 6) is -0.833. The molecule has 0 spiro atoms. The first kappa shape index (κ1) is 14.1. The van der Waals surface area contributed by atoms with E-state index < -0.39 is 5.83 Å². The van der Waals surface area contributed by atoms with Crippen LogP contribution in [0.3, 0.4) is 0 Å². The highest BCUT2D eigenvalue weighted by Crippen LogP contribution is 2.21. The van der Waals surface area contributed by atoms with Gasteiger partial charge in [0.2, 0.25) is 0 Å². The van der Waals surface area contributed by atoms with E-state index >= 15 is 0 Å². The van der Waals surface area contributed by atoms with Crippen LogP contribution >= 0.6 is 0 Å². The van der Waals surface area contributed by atoms with Crippen molar-refractivity contribution in [3.63, 3.8) is 0 Å². The molecule has 0 radical (unpaired) electrons. The normalized spacial score (nSPS) is 20.1. The average molecular weight is 249 g/mol. The number of halogens is 1. The van der Waals surface area contributed by atoms with E-state index in [-0.39, 0.29) is 23.1 Å². The van der Waals surface area contributed by atoms with Crippen molar-refractivity contribution in [3.05, 3.63) is 48.6 Å². The van der Waals surface area contributed by atoms with Gasteiger partial charge < -0.3 is 5.32 Å². The van der Waals surface area contributed by atoms with Gasteiger partial charge >= 0.3 is 0 Å². The zero-order valence-corrected chi connectivity index (χ0v) is 10.3. The van der Waals surface area contributed by atoms with Crippen molar-refractivity contribution < 1.29 is 14.0 Å². The lowest BCUT2D eigenvalue weighted by atomic mass is 9.85. The second-order valence-corrected chi connectivity index (χ2v) is 4.37. The summed E-state index contributed by atoms with van der Waals surface area (Å²) in [7, 11) is 0. The number of rotatable bonds is 4. The first-order chi connectivity index (χ1) is 8.40. The smallest absolute Gasteiger partial charge is 0.168 e. The van der Waals surface area contributed by atoms with E-state index in [1.807, 2.05) is 6.92 Å². The molecule has 0 aromatic heterocycles. The first-order valence-electron chi connectivity index (χ1n) is 5.64. The Bertz CT molecular complexity index is 440. The Kier molecular flexibility index (Phi) is 4.77. The Morgan fingerprint density at radius 3 is 2.33 bits per heavy atom. The maximum atomic E-state index is 12.4. The van der Waals surface area contributed by atoms with Crippen LogP contribution in [0.2, 0.25) is 0 Å². The van der Waals surface area contributed by atoms with Crippen LogP contribution in [0.25, 0.3) is 0 Å². The Labute approximate surface area is 106 Å². The fraction of sp³-hybridized carbons (Fsp3) is 0.286. The number of Topliss-reactive ketones (excluding diaryl/α,β-unsaturated/α-hetero) is 2. The summed E-state index contributed by atoms with van der Waals surface area (Å²) in [6.07, 6.45) is 4.61. The highest BCUT2D eigenvalue weighted by molar-refractivity contribution is 6.21. The first-order valence-corrected chi connectivity index (χ1v) is 5.64. The van der Waals surface area contributed by atoms with Crippen LogP contribution in [0.15, 0.2) is 48.6 Å². The van der Waals surface area contributed by atoms with E-state index in [0.717, 1.165) is 6.08 Å². The molecular formula is C14H16FNO2. The third kappa shape index (κ3) is 4.13. The minimum absolute atomic E-state index is 0.0973. The molecule has 1 N–H and O–H groups in total. The minimum atomic E-state index is -0.593. The van der Waals surface area contributed by atoms with E-state index in [0.29, 0.717) is 18.5 Å². The molecule has 1 aliphatic carbocycles. The molecule has 0 unspecified atom stereocenters. The molecule has 0 aromatic rings. The van der Waals surface area contributed by atoms with Gasteiger partial charge in [-0.05, 0) is 18.1 Å². The average Bonchev–Trinajstić information content (AvgIpc) is 2.24. The van der Waals surface area contributed by atoms with Gasteiger partial charge in [0.05, 0.1) is 5.57 Å². The van der Waals surface area contributed by atoms with Gasteiger partial charge in [-0.3, -0.25) is 9.59 Å². The molecule has 0 amide bonds. The van der Waals surface area contributed by atoms with Gasteiger partial charge in [-0.1, -0.05) is 20.1 Å². The van der Waals surface area contributed by atoms with Crippen molar-refractivity contribution >= 4 is 11.6 Å². The zero-order valence-electron chi connectivity index (χ0n) is 10.3. The maximum Gasteiger partial charge on any atom is 0.168 e. The second-order valence-electron chi connectivity index (χ2n) is 4.37. The summed E-state index contributed by atoms with van der Waals surface area (Å²) >= 11 is 0. The number of carbonyl (C=O) groups excluding carboxylic acids is 2. The lowest BCUT2D eigenvalue weighted by Crippen LogP contribution is -2.25. The molecule has 0 saturated heterocycles. The lowest BCUT2D eigenvalue weighted by Gasteiger charge is -2.17. The van der Waals surface area contributed by atoms with Gasteiger partial charge in [-0.25, -0.2) is 4.39 Å². The molecule has 0 aliphatic heterocycles. The van der Waals surface area contributed by atoms with Gasteiger partial charge in [0.1, 0.15) is 5.83 Å². The molecule has 4 heteroatoms. The topological polar surface area (TPSA) is 46.2 Å². The Morgan fingerprint density at radius 1 is 1.28 bits per heavy atom. The Hall–Kier alpha value is -1.97. The third-order valence-corrected chi connectivity index (χ3v) is 2.54. The summed E-state index contributed by atoms with van der Waals surface area (Å²) in [4.78, 5) is 23.3. The third-order valence-electron chi connectivity index (χ3n) is 2.54. The van der Waals surface area contributed by atoms with Crippen molar-refractivity contribution in [1.82, 2.24) is 5.32 Å². The SMILES string of the molecule is C=C(F)/C=C\C(=C)NC=C1C(=O)CC(C)CC1=O. The van der Waals surface area contributed by atoms with Gasteiger partial charge in [0.25, 0.3) is 0 Å². The molecule has 0 aromatic carbocycles. The quantitative estimate of drug-likeness (QED) is 0.473. The fourth-order valence-electron chi connectivity index (χ4n) is 1.65. The predicted molar refractivity (Wildman–Crippen MR) is 68.2 cm³/mol. The van der Waals surface area contributed by atoms with Crippen LogP contribution in [0.1, 0.15) is 19.8 Å². The van der Waals surface area contributed by atoms with Gasteiger partial charge in [0.15, 0.2) is 11.6 Å². The zero-order chi connectivity index (χ0) is 13.7. The fourth-order valence-corrected chi connectivity index (χ4v) is 1.65. The van der Waals surface area contributed by atoms with E-state index in [9.17, 15) is 14.0 Å². The second kappa shape index (κ2) is 6.10.